The fourth-order valence-electron chi connectivity index (χ4n) is 2.21. The van der Waals surface area contributed by atoms with Crippen molar-refractivity contribution >= 4 is 24.0 Å². The standard InChI is InChI=1S/C15H18N4O3S.C2HF3O2/c1-21-9-3-4-10(12(7-9)22-2)11-8-14(20)18-15(23)19(11)6-5-13(16)17;3-2(4,5)1(6)7/h3-4,7-8H,5-6H2,1-2H3,(H3,16,17)(H,18,20,23);(H,6,7). The number of nitrogens with one attached hydrogen (secondary N) is 2. The Morgan fingerprint density at radius 3 is 2.37 bits per heavy atom. The molecule has 0 spiro atoms. The first-order chi connectivity index (χ1) is 13.9. The van der Waals surface area contributed by atoms with Crippen LogP contribution < -0.4 is 20.8 Å². The molecule has 1 aromatic carbocycles. The molecule has 1 heterocycles. The van der Waals surface area contributed by atoms with E-state index in [-0.39, 0.29) is 16.2 Å². The average molecular weight is 448 g/mol. The van der Waals surface area contributed by atoms with Crippen LogP contribution in [0.5, 0.6) is 11.5 Å². The number of methoxy groups -OCH3 is 2. The van der Waals surface area contributed by atoms with E-state index in [0.717, 1.165) is 0 Å². The molecule has 0 aliphatic rings. The lowest BCUT2D eigenvalue weighted by atomic mass is 10.1. The summed E-state index contributed by atoms with van der Waals surface area (Å²) in [6.07, 6.45) is -4.76. The zero-order chi connectivity index (χ0) is 23.1. The number of nitrogens with zero attached hydrogens (tertiary/aromatic N) is 1. The van der Waals surface area contributed by atoms with Gasteiger partial charge in [0.1, 0.15) is 11.5 Å². The maximum absolute atomic E-state index is 11.8. The molecule has 0 aliphatic heterocycles. The van der Waals surface area contributed by atoms with Crippen LogP contribution in [0.4, 0.5) is 13.2 Å². The van der Waals surface area contributed by atoms with Gasteiger partial charge in [0.25, 0.3) is 5.56 Å². The second-order valence-corrected chi connectivity index (χ2v) is 6.01. The topological polar surface area (TPSA) is 143 Å². The summed E-state index contributed by atoms with van der Waals surface area (Å²) >= 11 is 5.24. The van der Waals surface area contributed by atoms with Crippen LogP contribution in [0.15, 0.2) is 29.1 Å². The first kappa shape index (κ1) is 24.7. The number of carboxylic acid groups (broad SMARTS) is 1. The molecule has 13 heteroatoms. The molecule has 0 unspecified atom stereocenters. The number of aliphatic carboxylic acids is 1. The van der Waals surface area contributed by atoms with Gasteiger partial charge < -0.3 is 24.9 Å². The Morgan fingerprint density at radius 1 is 1.30 bits per heavy atom. The minimum absolute atomic E-state index is 0.0470. The molecule has 2 aromatic rings. The molecule has 0 saturated heterocycles. The number of rotatable bonds is 6. The van der Waals surface area contributed by atoms with Gasteiger partial charge in [-0.3, -0.25) is 15.2 Å². The first-order valence-electron chi connectivity index (χ1n) is 8.10. The number of amidine groups is 1. The summed E-state index contributed by atoms with van der Waals surface area (Å²) in [5.41, 5.74) is 6.42. The number of aromatic amines is 1. The second kappa shape index (κ2) is 10.4. The molecule has 0 aliphatic carbocycles. The van der Waals surface area contributed by atoms with Gasteiger partial charge in [0.05, 0.1) is 25.7 Å². The van der Waals surface area contributed by atoms with Gasteiger partial charge >= 0.3 is 12.1 Å². The highest BCUT2D eigenvalue weighted by atomic mass is 32.1. The molecule has 9 nitrogen and oxygen atoms in total. The Kier molecular flexibility index (Phi) is 8.59. The fraction of sp³-hybridized carbons (Fsp3) is 0.294. The second-order valence-electron chi connectivity index (χ2n) is 5.62. The minimum Gasteiger partial charge on any atom is -0.497 e. The summed E-state index contributed by atoms with van der Waals surface area (Å²) in [7, 11) is 3.11. The molecule has 5 N–H and O–H groups in total. The summed E-state index contributed by atoms with van der Waals surface area (Å²) in [6.45, 7) is 0.384. The Bertz CT molecular complexity index is 1030. The van der Waals surface area contributed by atoms with Crippen molar-refractivity contribution in [2.45, 2.75) is 19.1 Å². The highest BCUT2D eigenvalue weighted by Gasteiger charge is 2.38. The lowest BCUT2D eigenvalue weighted by Crippen LogP contribution is -2.21. The van der Waals surface area contributed by atoms with Crippen molar-refractivity contribution in [1.82, 2.24) is 9.55 Å². The Balaban J connectivity index is 0.000000553. The van der Waals surface area contributed by atoms with E-state index in [1.54, 1.807) is 37.0 Å². The number of alkyl halides is 3. The number of aromatic nitrogens is 2. The predicted octanol–water partition coefficient (Wildman–Crippen LogP) is 2.55. The fourth-order valence-corrected chi connectivity index (χ4v) is 2.50. The van der Waals surface area contributed by atoms with Crippen LogP contribution in [0.25, 0.3) is 11.3 Å². The largest absolute Gasteiger partial charge is 0.497 e. The van der Waals surface area contributed by atoms with Gasteiger partial charge in [0.2, 0.25) is 0 Å². The van der Waals surface area contributed by atoms with Crippen molar-refractivity contribution in [3.63, 3.8) is 0 Å². The van der Waals surface area contributed by atoms with E-state index in [1.165, 1.54) is 6.07 Å². The number of halogens is 3. The molecule has 1 aromatic heterocycles. The van der Waals surface area contributed by atoms with E-state index in [0.29, 0.717) is 35.7 Å². The number of hydrogen-bond acceptors (Lipinski definition) is 6. The monoisotopic (exact) mass is 448 g/mol. The number of carbonyl (C=O) groups is 1. The minimum atomic E-state index is -5.08. The Morgan fingerprint density at radius 2 is 1.90 bits per heavy atom. The van der Waals surface area contributed by atoms with E-state index < -0.39 is 12.1 Å². The quantitative estimate of drug-likeness (QED) is 0.302. The van der Waals surface area contributed by atoms with Crippen LogP contribution in [-0.2, 0) is 11.3 Å². The van der Waals surface area contributed by atoms with Crippen molar-refractivity contribution < 1.29 is 32.5 Å². The molecule has 0 bridgehead atoms. The molecule has 0 radical (unpaired) electrons. The number of nitrogens with two attached hydrogens (primary N) is 1. The molecule has 2 rings (SSSR count). The zero-order valence-electron chi connectivity index (χ0n) is 15.9. The third-order valence-corrected chi connectivity index (χ3v) is 3.89. The van der Waals surface area contributed by atoms with Crippen LogP contribution in [-0.4, -0.2) is 46.9 Å². The van der Waals surface area contributed by atoms with Crippen molar-refractivity contribution in [3.05, 3.63) is 39.4 Å². The third-order valence-electron chi connectivity index (χ3n) is 3.57. The number of H-pyrrole nitrogens is 1. The number of benzene rings is 1. The number of carboxylic acids is 1. The van der Waals surface area contributed by atoms with E-state index in [4.69, 9.17) is 42.7 Å². The van der Waals surface area contributed by atoms with Gasteiger partial charge in [-0.05, 0) is 24.4 Å². The van der Waals surface area contributed by atoms with E-state index in [1.807, 2.05) is 0 Å². The Hall–Kier alpha value is -3.35. The van der Waals surface area contributed by atoms with Crippen molar-refractivity contribution in [2.24, 2.45) is 5.73 Å². The van der Waals surface area contributed by atoms with Crippen molar-refractivity contribution in [2.75, 3.05) is 14.2 Å². The van der Waals surface area contributed by atoms with E-state index in [9.17, 15) is 18.0 Å². The normalized spacial score (nSPS) is 10.6. The van der Waals surface area contributed by atoms with Crippen LogP contribution in [0.1, 0.15) is 6.42 Å². The lowest BCUT2D eigenvalue weighted by molar-refractivity contribution is -0.192. The van der Waals surface area contributed by atoms with Crippen LogP contribution >= 0.6 is 12.2 Å². The van der Waals surface area contributed by atoms with Crippen molar-refractivity contribution in [1.29, 1.82) is 5.41 Å². The summed E-state index contributed by atoms with van der Waals surface area (Å²) in [5, 5.41) is 14.5. The highest BCUT2D eigenvalue weighted by Crippen LogP contribution is 2.32. The van der Waals surface area contributed by atoms with E-state index in [2.05, 4.69) is 4.98 Å². The molecule has 0 saturated carbocycles. The number of hydrogen-bond donors (Lipinski definition) is 4. The molecule has 0 fully saturated rings. The van der Waals surface area contributed by atoms with Gasteiger partial charge in [-0.1, -0.05) is 0 Å². The Labute approximate surface area is 173 Å². The summed E-state index contributed by atoms with van der Waals surface area (Å²) in [5.74, 6) is -1.51. The molecule has 30 heavy (non-hydrogen) atoms. The maximum atomic E-state index is 11.8. The van der Waals surface area contributed by atoms with Crippen LogP contribution in [0.2, 0.25) is 0 Å². The average Bonchev–Trinajstić information content (AvgIpc) is 2.65. The van der Waals surface area contributed by atoms with Gasteiger partial charge in [-0.2, -0.15) is 13.2 Å². The summed E-state index contributed by atoms with van der Waals surface area (Å²) < 4.78 is 44.3. The van der Waals surface area contributed by atoms with Crippen LogP contribution in [0.3, 0.4) is 0 Å². The predicted molar refractivity (Wildman–Crippen MR) is 105 cm³/mol. The molecular weight excluding hydrogens is 429 g/mol. The SMILES string of the molecule is COc1ccc(-c2cc(=O)[nH]c(=S)n2CCC(=N)N)c(OC)c1.O=C(O)C(F)(F)F. The summed E-state index contributed by atoms with van der Waals surface area (Å²) in [6, 6.07) is 6.75. The van der Waals surface area contributed by atoms with E-state index >= 15 is 0 Å². The third kappa shape index (κ3) is 6.92. The summed E-state index contributed by atoms with van der Waals surface area (Å²) in [4.78, 5) is 23.3. The molecule has 0 atom stereocenters. The molecular formula is C17H19F3N4O5S. The smallest absolute Gasteiger partial charge is 0.490 e. The number of ether oxygens (including phenoxy) is 2. The lowest BCUT2D eigenvalue weighted by Gasteiger charge is -2.16. The van der Waals surface area contributed by atoms with Crippen molar-refractivity contribution in [3.8, 4) is 22.8 Å². The molecule has 164 valence electrons. The van der Waals surface area contributed by atoms with Gasteiger partial charge in [0, 0.05) is 30.7 Å². The van der Waals surface area contributed by atoms with Gasteiger partial charge in [-0.25, -0.2) is 4.79 Å². The van der Waals surface area contributed by atoms with Gasteiger partial charge in [0.15, 0.2) is 4.77 Å². The van der Waals surface area contributed by atoms with Gasteiger partial charge in [-0.15, -0.1) is 0 Å². The maximum Gasteiger partial charge on any atom is 0.490 e. The molecule has 0 amide bonds. The first-order valence-corrected chi connectivity index (χ1v) is 8.51. The van der Waals surface area contributed by atoms with Crippen LogP contribution in [0, 0.1) is 10.2 Å². The zero-order valence-corrected chi connectivity index (χ0v) is 16.7. The highest BCUT2D eigenvalue weighted by molar-refractivity contribution is 7.71.